The lowest BCUT2D eigenvalue weighted by molar-refractivity contribution is -0.141. The lowest BCUT2D eigenvalue weighted by atomic mass is 9.65. The van der Waals surface area contributed by atoms with Gasteiger partial charge in [0.25, 0.3) is 0 Å². The Morgan fingerprint density at radius 3 is 2.58 bits per heavy atom. The topological polar surface area (TPSA) is 63.6 Å². The van der Waals surface area contributed by atoms with Crippen LogP contribution in [0, 0.1) is 17.3 Å². The lowest BCUT2D eigenvalue weighted by Gasteiger charge is -2.40. The van der Waals surface area contributed by atoms with Crippen molar-refractivity contribution >= 4 is 11.8 Å². The molecule has 132 valence electrons. The molecule has 0 bridgehead atoms. The third-order valence-electron chi connectivity index (χ3n) is 5.43. The number of ether oxygens (including phenoxy) is 1. The van der Waals surface area contributed by atoms with Crippen molar-refractivity contribution < 1.29 is 19.4 Å². The maximum Gasteiger partial charge on any atom is 0.338 e. The Labute approximate surface area is 144 Å². The van der Waals surface area contributed by atoms with E-state index in [9.17, 15) is 14.7 Å². The monoisotopic (exact) mass is 332 g/mol. The van der Waals surface area contributed by atoms with Crippen molar-refractivity contribution in [3.05, 3.63) is 35.9 Å². The summed E-state index contributed by atoms with van der Waals surface area (Å²) in [7, 11) is 0. The minimum atomic E-state index is -0.776. The van der Waals surface area contributed by atoms with E-state index < -0.39 is 17.5 Å². The van der Waals surface area contributed by atoms with E-state index in [-0.39, 0.29) is 18.8 Å². The molecule has 0 spiro atoms. The molecule has 1 saturated carbocycles. The number of esters is 1. The highest BCUT2D eigenvalue weighted by molar-refractivity contribution is 5.89. The van der Waals surface area contributed by atoms with Crippen LogP contribution in [0.4, 0.5) is 0 Å². The molecule has 0 saturated heterocycles. The zero-order valence-corrected chi connectivity index (χ0v) is 14.8. The molecule has 0 heterocycles. The minimum absolute atomic E-state index is 0.116. The molecule has 0 amide bonds. The first-order valence-electron chi connectivity index (χ1n) is 8.78. The van der Waals surface area contributed by atoms with Gasteiger partial charge < -0.3 is 9.84 Å². The van der Waals surface area contributed by atoms with Crippen LogP contribution in [0.15, 0.2) is 30.3 Å². The Morgan fingerprint density at radius 2 is 2.00 bits per heavy atom. The van der Waals surface area contributed by atoms with E-state index in [1.54, 1.807) is 24.3 Å². The van der Waals surface area contributed by atoms with Crippen LogP contribution in [0.5, 0.6) is 0 Å². The van der Waals surface area contributed by atoms with E-state index in [4.69, 9.17) is 4.74 Å². The average Bonchev–Trinajstić information content (AvgIpc) is 2.57. The summed E-state index contributed by atoms with van der Waals surface area (Å²) in [4.78, 5) is 24.4. The van der Waals surface area contributed by atoms with E-state index in [0.717, 1.165) is 6.42 Å². The van der Waals surface area contributed by atoms with Crippen molar-refractivity contribution in [1.29, 1.82) is 0 Å². The second-order valence-electron chi connectivity index (χ2n) is 7.39. The molecular weight excluding hydrogens is 304 g/mol. The first-order valence-corrected chi connectivity index (χ1v) is 8.78. The second kappa shape index (κ2) is 7.93. The van der Waals surface area contributed by atoms with Gasteiger partial charge in [0, 0.05) is 12.8 Å². The van der Waals surface area contributed by atoms with Crippen molar-refractivity contribution in [2.24, 2.45) is 17.3 Å². The Hall–Kier alpha value is -1.68. The quantitative estimate of drug-likeness (QED) is 0.808. The standard InChI is InChI=1S/C20H28O4/c1-14(2)16-9-11-20(3,18(22)13-16)17(21)10-12-24-19(23)15-7-5-4-6-8-15/h4-8,14,16-17,21H,9-13H2,1-3H3/t16-,17+,20-/m1/s1. The molecule has 0 aliphatic heterocycles. The number of hydrogen-bond donors (Lipinski definition) is 1. The molecule has 4 heteroatoms. The van der Waals surface area contributed by atoms with E-state index >= 15 is 0 Å². The highest BCUT2D eigenvalue weighted by Crippen LogP contribution is 2.41. The van der Waals surface area contributed by atoms with Crippen molar-refractivity contribution in [3.8, 4) is 0 Å². The normalized spacial score (nSPS) is 25.5. The van der Waals surface area contributed by atoms with Gasteiger partial charge in [-0.3, -0.25) is 4.79 Å². The largest absolute Gasteiger partial charge is 0.462 e. The minimum Gasteiger partial charge on any atom is -0.462 e. The van der Waals surface area contributed by atoms with Crippen molar-refractivity contribution in [2.75, 3.05) is 6.61 Å². The average molecular weight is 332 g/mol. The maximum absolute atomic E-state index is 12.5. The summed E-state index contributed by atoms with van der Waals surface area (Å²) in [5.41, 5.74) is -0.225. The molecule has 1 aromatic rings. The van der Waals surface area contributed by atoms with Gasteiger partial charge in [0.15, 0.2) is 0 Å². The van der Waals surface area contributed by atoms with Gasteiger partial charge in [0.05, 0.1) is 23.7 Å². The van der Waals surface area contributed by atoms with Crippen LogP contribution in [-0.2, 0) is 9.53 Å². The predicted octanol–water partition coefficient (Wildman–Crippen LogP) is 3.63. The summed E-state index contributed by atoms with van der Waals surface area (Å²) >= 11 is 0. The van der Waals surface area contributed by atoms with E-state index in [0.29, 0.717) is 30.2 Å². The molecule has 0 radical (unpaired) electrons. The fourth-order valence-corrected chi connectivity index (χ4v) is 3.36. The first-order chi connectivity index (χ1) is 11.3. The summed E-state index contributed by atoms with van der Waals surface area (Å²) in [5, 5.41) is 10.5. The second-order valence-corrected chi connectivity index (χ2v) is 7.39. The molecular formula is C20H28O4. The smallest absolute Gasteiger partial charge is 0.338 e. The van der Waals surface area contributed by atoms with Gasteiger partial charge in [-0.2, -0.15) is 0 Å². The molecule has 4 nitrogen and oxygen atoms in total. The maximum atomic E-state index is 12.5. The number of rotatable bonds is 6. The Bertz CT molecular complexity index is 566. The Kier molecular flexibility index (Phi) is 6.16. The van der Waals surface area contributed by atoms with Gasteiger partial charge in [0.1, 0.15) is 5.78 Å². The van der Waals surface area contributed by atoms with Crippen LogP contribution in [0.1, 0.15) is 56.8 Å². The summed E-state index contributed by atoms with van der Waals surface area (Å²) in [6.07, 6.45) is 1.70. The van der Waals surface area contributed by atoms with Crippen LogP contribution in [0.25, 0.3) is 0 Å². The van der Waals surface area contributed by atoms with Gasteiger partial charge in [-0.25, -0.2) is 4.79 Å². The van der Waals surface area contributed by atoms with E-state index in [1.807, 2.05) is 13.0 Å². The van der Waals surface area contributed by atoms with E-state index in [2.05, 4.69) is 13.8 Å². The fraction of sp³-hybridized carbons (Fsp3) is 0.600. The van der Waals surface area contributed by atoms with Gasteiger partial charge >= 0.3 is 5.97 Å². The van der Waals surface area contributed by atoms with Crippen molar-refractivity contribution in [2.45, 2.75) is 52.6 Å². The summed E-state index contributed by atoms with van der Waals surface area (Å²) in [6, 6.07) is 8.77. The molecule has 1 aliphatic carbocycles. The number of Topliss-reactive ketones (excluding diaryl/α,β-unsaturated/α-hetero) is 1. The zero-order chi connectivity index (χ0) is 17.7. The van der Waals surface area contributed by atoms with Crippen LogP contribution < -0.4 is 0 Å². The third kappa shape index (κ3) is 4.23. The number of carbonyl (C=O) groups is 2. The van der Waals surface area contributed by atoms with Gasteiger partial charge in [-0.1, -0.05) is 39.0 Å². The van der Waals surface area contributed by atoms with Gasteiger partial charge in [-0.15, -0.1) is 0 Å². The summed E-state index contributed by atoms with van der Waals surface area (Å²) in [5.74, 6) is 0.633. The third-order valence-corrected chi connectivity index (χ3v) is 5.43. The molecule has 24 heavy (non-hydrogen) atoms. The molecule has 2 rings (SSSR count). The van der Waals surface area contributed by atoms with Crippen molar-refractivity contribution in [3.63, 3.8) is 0 Å². The highest BCUT2D eigenvalue weighted by Gasteiger charge is 2.44. The molecule has 1 aromatic carbocycles. The first kappa shape index (κ1) is 18.7. The summed E-state index contributed by atoms with van der Waals surface area (Å²) < 4.78 is 5.22. The predicted molar refractivity (Wildman–Crippen MR) is 92.6 cm³/mol. The fourth-order valence-electron chi connectivity index (χ4n) is 3.36. The van der Waals surface area contributed by atoms with Crippen molar-refractivity contribution in [1.82, 2.24) is 0 Å². The highest BCUT2D eigenvalue weighted by atomic mass is 16.5. The SMILES string of the molecule is CC(C)[C@@H]1CC[C@](C)([C@@H](O)CCOC(=O)c2ccccc2)C(=O)C1. The zero-order valence-electron chi connectivity index (χ0n) is 14.8. The van der Waals surface area contributed by atoms with Crippen LogP contribution in [-0.4, -0.2) is 29.6 Å². The number of aliphatic hydroxyl groups is 1. The van der Waals surface area contributed by atoms with Crippen LogP contribution >= 0.6 is 0 Å². The summed E-state index contributed by atoms with van der Waals surface area (Å²) in [6.45, 7) is 6.24. The van der Waals surface area contributed by atoms with E-state index in [1.165, 1.54) is 0 Å². The Morgan fingerprint density at radius 1 is 1.33 bits per heavy atom. The number of benzene rings is 1. The molecule has 1 N–H and O–H groups in total. The Balaban J connectivity index is 1.85. The molecule has 1 fully saturated rings. The van der Waals surface area contributed by atoms with Crippen LogP contribution in [0.3, 0.4) is 0 Å². The molecule has 0 unspecified atom stereocenters. The lowest BCUT2D eigenvalue weighted by Crippen LogP contribution is -2.45. The molecule has 0 aromatic heterocycles. The number of hydrogen-bond acceptors (Lipinski definition) is 4. The number of aliphatic hydroxyl groups excluding tert-OH is 1. The number of carbonyl (C=O) groups excluding carboxylic acids is 2. The van der Waals surface area contributed by atoms with Crippen LogP contribution in [0.2, 0.25) is 0 Å². The van der Waals surface area contributed by atoms with Gasteiger partial charge in [0.2, 0.25) is 0 Å². The molecule has 3 atom stereocenters. The van der Waals surface area contributed by atoms with Gasteiger partial charge in [-0.05, 0) is 36.8 Å². The molecule has 1 aliphatic rings. The number of ketones is 1.